The summed E-state index contributed by atoms with van der Waals surface area (Å²) < 4.78 is 47.3. The van der Waals surface area contributed by atoms with Crippen LogP contribution in [-0.2, 0) is 52.2 Å². The van der Waals surface area contributed by atoms with E-state index in [2.05, 4.69) is 10.6 Å². The monoisotopic (exact) mass is 840 g/mol. The minimum absolute atomic E-state index is 0. The normalized spacial score (nSPS) is 11.4. The third-order valence-corrected chi connectivity index (χ3v) is 4.83. The second-order valence-electron chi connectivity index (χ2n) is 7.98. The van der Waals surface area contributed by atoms with Crippen molar-refractivity contribution in [3.8, 4) is 0 Å². The van der Waals surface area contributed by atoms with Crippen molar-refractivity contribution in [3.05, 3.63) is 0 Å². The van der Waals surface area contributed by atoms with Gasteiger partial charge in [-0.05, 0) is 25.8 Å². The fourth-order valence-electron chi connectivity index (χ4n) is 2.81. The number of methoxy groups -OCH3 is 1. The quantitative estimate of drug-likeness (QED) is 0.0460. The van der Waals surface area contributed by atoms with E-state index in [4.69, 9.17) is 42.6 Å². The first-order chi connectivity index (χ1) is 19.6. The molecular formula is C25H47FmN2O13-. The first kappa shape index (κ1) is 40.0. The van der Waals surface area contributed by atoms with E-state index >= 15 is 0 Å². The number of carbonyl (C=O) groups excluding carboxylic acids is 2. The number of ether oxygens (including phenoxy) is 9. The average molecular weight is 841 g/mol. The minimum Gasteiger partial charge on any atom is -0.530 e. The summed E-state index contributed by atoms with van der Waals surface area (Å²) in [4.78, 5) is 33.0. The van der Waals surface area contributed by atoms with Gasteiger partial charge < -0.3 is 63.2 Å². The van der Waals surface area contributed by atoms with Crippen molar-refractivity contribution in [2.24, 2.45) is 0 Å². The number of amides is 2. The number of carbonyl (C=O) groups is 2. The van der Waals surface area contributed by atoms with Crippen molar-refractivity contribution in [2.45, 2.75) is 25.3 Å². The second-order valence-corrected chi connectivity index (χ2v) is 7.98. The molecule has 1 unspecified atom stereocenters. The zero-order chi connectivity index (χ0) is 29.4. The number of aliphatic carboxylic acids is 1. The maximum atomic E-state index is 11.7. The molecule has 0 aliphatic rings. The number of nitrogens with one attached hydrogen (secondary N) is 2. The third kappa shape index (κ3) is 31.3. The predicted octanol–water partition coefficient (Wildman–Crippen LogP) is -0.244. The predicted molar refractivity (Wildman–Crippen MR) is 141 cm³/mol. The first-order valence-corrected chi connectivity index (χ1v) is 13.4. The van der Waals surface area contributed by atoms with E-state index in [-0.39, 0.29) is 19.6 Å². The fraction of sp³-hybridized carbons (Fsp3) is 0.880. The second kappa shape index (κ2) is 33.1. The maximum Gasteiger partial charge on any atom is 0.407 e. The molecule has 0 aliphatic carbocycles. The zero-order valence-electron chi connectivity index (χ0n) is 23.9. The average Bonchev–Trinajstić information content (AvgIpc) is 2.94. The van der Waals surface area contributed by atoms with Crippen LogP contribution in [0.4, 0.5) is 4.79 Å². The molecule has 0 heterocycles. The molecule has 0 radical (unpaired) electrons. The molecule has 0 saturated carbocycles. The molecule has 0 fully saturated rings. The smallest absolute Gasteiger partial charge is 0.407 e. The summed E-state index contributed by atoms with van der Waals surface area (Å²) in [6.45, 7) is 7.08. The van der Waals surface area contributed by atoms with Crippen LogP contribution >= 0.6 is 0 Å². The summed E-state index contributed by atoms with van der Waals surface area (Å²) in [5.74, 6) is -1.16. The van der Waals surface area contributed by atoms with Crippen molar-refractivity contribution in [1.29, 1.82) is 0 Å². The van der Waals surface area contributed by atoms with Crippen LogP contribution in [0.5, 0.6) is 0 Å². The third-order valence-electron chi connectivity index (χ3n) is 4.83. The van der Waals surface area contributed by atoms with Gasteiger partial charge in [0.2, 0.25) is 0 Å². The Morgan fingerprint density at radius 2 is 1.05 bits per heavy atom. The van der Waals surface area contributed by atoms with Crippen LogP contribution in [0.1, 0.15) is 19.3 Å². The van der Waals surface area contributed by atoms with Gasteiger partial charge in [0.15, 0.2) is 0 Å². The van der Waals surface area contributed by atoms with Crippen LogP contribution in [0.15, 0.2) is 0 Å². The molecule has 248 valence electrons. The molecule has 0 spiro atoms. The summed E-state index contributed by atoms with van der Waals surface area (Å²) in [5, 5.41) is 13.8. The van der Waals surface area contributed by atoms with Gasteiger partial charge in [0.05, 0.1) is 99.1 Å². The Morgan fingerprint density at radius 3 is 1.41 bits per heavy atom. The van der Waals surface area contributed by atoms with Crippen molar-refractivity contribution in [1.82, 2.24) is 10.6 Å². The Hall–Kier alpha value is -3.11. The summed E-state index contributed by atoms with van der Waals surface area (Å²) in [5.41, 5.74) is 0. The van der Waals surface area contributed by atoms with E-state index in [0.29, 0.717) is 112 Å². The Bertz CT molecular complexity index is 594. The van der Waals surface area contributed by atoms with Gasteiger partial charge in [0.1, 0.15) is 12.6 Å². The topological polar surface area (TPSA) is 179 Å². The molecule has 3 N–H and O–H groups in total. The number of rotatable bonds is 32. The molecule has 1 atom stereocenters. The number of hydrogen-bond acceptors (Lipinski definition) is 12. The van der Waals surface area contributed by atoms with Gasteiger partial charge in [-0.1, -0.05) is 0 Å². The molecular weight excluding hydrogens is 793 g/mol. The molecule has 2 amide bonds. The molecule has 0 aromatic carbocycles. The van der Waals surface area contributed by atoms with Crippen LogP contribution in [0, 0.1) is 0 Å². The summed E-state index contributed by atoms with van der Waals surface area (Å²) in [6, 6.07) is -1.07. The van der Waals surface area contributed by atoms with Gasteiger partial charge in [0, 0.05) is 7.11 Å². The fourth-order valence-corrected chi connectivity index (χ4v) is 2.81. The van der Waals surface area contributed by atoms with E-state index in [0.717, 1.165) is 0 Å². The molecule has 0 aliphatic heterocycles. The van der Waals surface area contributed by atoms with Gasteiger partial charge in [-0.15, -0.1) is 0 Å². The molecule has 0 bridgehead atoms. The molecule has 16 heteroatoms. The van der Waals surface area contributed by atoms with Gasteiger partial charge in [-0.3, -0.25) is 0 Å². The molecule has 0 saturated heterocycles. The van der Waals surface area contributed by atoms with Crippen LogP contribution < -0.4 is 10.6 Å². The molecule has 41 heavy (non-hydrogen) atoms. The molecule has 0 aromatic heterocycles. The van der Waals surface area contributed by atoms with Crippen molar-refractivity contribution < 1.29 is 62.1 Å². The molecule has 15 nitrogen and oxygen atoms in total. The number of hydrogen-bond donors (Lipinski definition) is 3. The van der Waals surface area contributed by atoms with E-state index in [1.54, 1.807) is 7.11 Å². The Labute approximate surface area is 236 Å². The van der Waals surface area contributed by atoms with Crippen LogP contribution in [0.25, 0.3) is 0 Å². The Kier molecular flexibility index (Phi) is 32.3. The number of alkyl carbamates (subject to hydrolysis) is 1. The van der Waals surface area contributed by atoms with E-state index in [9.17, 15) is 19.5 Å². The van der Waals surface area contributed by atoms with Gasteiger partial charge >= 0.3 is 12.1 Å². The maximum absolute atomic E-state index is 11.7. The van der Waals surface area contributed by atoms with Crippen molar-refractivity contribution >= 4 is 18.5 Å². The molecule has 0 aromatic rings. The van der Waals surface area contributed by atoms with Crippen LogP contribution in [0.2, 0.25) is 0 Å². The SMILES string of the molecule is COCCOCCOCCOCCOCCOCCOCCOCCOC(=O)NC(CCCCN[C-]=O)C(=O)O.[Fm]. The summed E-state index contributed by atoms with van der Waals surface area (Å²) in [7, 11) is 1.63. The largest absolute Gasteiger partial charge is 0.530 e. The number of carboxylic acids is 1. The summed E-state index contributed by atoms with van der Waals surface area (Å²) >= 11 is 0. The first-order valence-electron chi connectivity index (χ1n) is 13.4. The standard InChI is InChI=1S/C25H47N2O13.Fm/c1-32-6-7-33-8-9-34-10-11-35-12-13-36-14-15-37-16-17-38-18-19-39-20-21-40-25(31)27-23(24(29)30)4-2-3-5-26-22-28;/h23H,2-21H2,1H3,(H,26,28)(H,27,31)(H,29,30);/q-1;. The van der Waals surface area contributed by atoms with E-state index < -0.39 is 18.1 Å². The van der Waals surface area contributed by atoms with Crippen LogP contribution in [0.3, 0.4) is 0 Å². The zero-order valence-corrected chi connectivity index (χ0v) is 26.3. The van der Waals surface area contributed by atoms with Gasteiger partial charge in [0.25, 0.3) is 0 Å². The summed E-state index contributed by atoms with van der Waals surface area (Å²) in [6.07, 6.45) is 2.01. The van der Waals surface area contributed by atoms with Crippen molar-refractivity contribution in [3.63, 3.8) is 0 Å². The number of carboxylic acid groups (broad SMARTS) is 1. The number of unbranched alkanes of at least 4 members (excludes halogenated alkanes) is 1. The van der Waals surface area contributed by atoms with E-state index in [1.165, 1.54) is 6.41 Å². The van der Waals surface area contributed by atoms with E-state index in [1.807, 2.05) is 0 Å². The van der Waals surface area contributed by atoms with Crippen molar-refractivity contribution in [2.75, 3.05) is 119 Å². The van der Waals surface area contributed by atoms with Gasteiger partial charge in [-0.25, -0.2) is 9.59 Å². The Morgan fingerprint density at radius 1 is 0.659 bits per heavy atom. The minimum atomic E-state index is -1.16. The van der Waals surface area contributed by atoms with Gasteiger partial charge in [-0.2, -0.15) is 6.41 Å². The molecule has 0 rings (SSSR count). The Balaban J connectivity index is 0. The van der Waals surface area contributed by atoms with Crippen LogP contribution in [-0.4, -0.2) is 149 Å².